The standard InChI is InChI=1S/C32H32N2O4.ClH/c1-22(28-13-7-11-23-10-5-6-12-29(23)28)33-18-26-19-34(20-30(26)24-8-3-2-4-9-24)32(37)25-14-16-27(17-15-25)38-21-31(35)36;/h2-17,22,26,30,33H,18-21H2,1H3,(H,35,36);1H/t22-,26+,30-;/m1./s1. The highest BCUT2D eigenvalue weighted by atomic mass is 35.5. The van der Waals surface area contributed by atoms with E-state index in [1.807, 2.05) is 11.0 Å². The maximum atomic E-state index is 13.4. The van der Waals surface area contributed by atoms with Crippen molar-refractivity contribution in [3.05, 3.63) is 114 Å². The third-order valence-corrected chi connectivity index (χ3v) is 7.40. The highest BCUT2D eigenvalue weighted by molar-refractivity contribution is 5.94. The number of benzene rings is 4. The molecule has 0 unspecified atom stereocenters. The Morgan fingerprint density at radius 3 is 2.36 bits per heavy atom. The van der Waals surface area contributed by atoms with Crippen LogP contribution in [0.3, 0.4) is 0 Å². The zero-order chi connectivity index (χ0) is 26.5. The summed E-state index contributed by atoms with van der Waals surface area (Å²) >= 11 is 0. The predicted octanol–water partition coefficient (Wildman–Crippen LogP) is 5.93. The van der Waals surface area contributed by atoms with E-state index in [-0.39, 0.29) is 36.2 Å². The Morgan fingerprint density at radius 2 is 1.62 bits per heavy atom. The number of halogens is 1. The molecule has 0 spiro atoms. The molecule has 0 saturated carbocycles. The van der Waals surface area contributed by atoms with Crippen LogP contribution in [-0.2, 0) is 4.79 Å². The van der Waals surface area contributed by atoms with Gasteiger partial charge in [-0.15, -0.1) is 12.4 Å². The number of carboxylic acids is 1. The largest absolute Gasteiger partial charge is 0.482 e. The van der Waals surface area contributed by atoms with Crippen LogP contribution >= 0.6 is 12.4 Å². The zero-order valence-electron chi connectivity index (χ0n) is 21.8. The molecule has 0 aromatic heterocycles. The molecule has 0 radical (unpaired) electrons. The summed E-state index contributed by atoms with van der Waals surface area (Å²) in [6.07, 6.45) is 0. The van der Waals surface area contributed by atoms with Gasteiger partial charge in [0.15, 0.2) is 6.61 Å². The monoisotopic (exact) mass is 544 g/mol. The van der Waals surface area contributed by atoms with Crippen molar-refractivity contribution in [2.75, 3.05) is 26.2 Å². The Morgan fingerprint density at radius 1 is 0.923 bits per heavy atom. The fourth-order valence-electron chi connectivity index (χ4n) is 5.41. The molecular formula is C32H33ClN2O4. The maximum absolute atomic E-state index is 13.4. The van der Waals surface area contributed by atoms with Gasteiger partial charge in [0.2, 0.25) is 0 Å². The number of amides is 1. The van der Waals surface area contributed by atoms with Gasteiger partial charge in [-0.25, -0.2) is 4.79 Å². The molecule has 0 aliphatic carbocycles. The molecule has 1 amide bonds. The molecule has 7 heteroatoms. The summed E-state index contributed by atoms with van der Waals surface area (Å²) in [6, 6.07) is 32.2. The van der Waals surface area contributed by atoms with Gasteiger partial charge in [0.05, 0.1) is 0 Å². The summed E-state index contributed by atoms with van der Waals surface area (Å²) in [4.78, 5) is 26.1. The smallest absolute Gasteiger partial charge is 0.341 e. The van der Waals surface area contributed by atoms with Gasteiger partial charge in [-0.1, -0.05) is 72.8 Å². The molecule has 5 rings (SSSR count). The molecule has 6 nitrogen and oxygen atoms in total. The summed E-state index contributed by atoms with van der Waals surface area (Å²) in [5, 5.41) is 15.1. The molecule has 4 aromatic carbocycles. The Bertz CT molecular complexity index is 1410. The lowest BCUT2D eigenvalue weighted by Crippen LogP contribution is -2.32. The topological polar surface area (TPSA) is 78.9 Å². The first kappa shape index (κ1) is 28.1. The highest BCUT2D eigenvalue weighted by Crippen LogP contribution is 2.34. The van der Waals surface area contributed by atoms with E-state index in [2.05, 4.69) is 79.0 Å². The molecule has 1 heterocycles. The van der Waals surface area contributed by atoms with Crippen LogP contribution in [0.1, 0.15) is 40.4 Å². The van der Waals surface area contributed by atoms with E-state index < -0.39 is 12.6 Å². The third kappa shape index (κ3) is 6.59. The minimum absolute atomic E-state index is 0. The van der Waals surface area contributed by atoms with Crippen LogP contribution in [0.15, 0.2) is 97.1 Å². The van der Waals surface area contributed by atoms with Crippen molar-refractivity contribution in [3.8, 4) is 5.75 Å². The predicted molar refractivity (Wildman–Crippen MR) is 156 cm³/mol. The van der Waals surface area contributed by atoms with Crippen molar-refractivity contribution in [2.24, 2.45) is 5.92 Å². The lowest BCUT2D eigenvalue weighted by molar-refractivity contribution is -0.139. The minimum Gasteiger partial charge on any atom is -0.482 e. The van der Waals surface area contributed by atoms with Gasteiger partial charge in [-0.3, -0.25) is 4.79 Å². The Balaban J connectivity index is 0.00000353. The van der Waals surface area contributed by atoms with E-state index >= 15 is 0 Å². The number of aliphatic carboxylic acids is 1. The number of carbonyl (C=O) groups is 2. The second-order valence-electron chi connectivity index (χ2n) is 9.89. The summed E-state index contributed by atoms with van der Waals surface area (Å²) in [6.45, 7) is 3.88. The number of hydrogen-bond donors (Lipinski definition) is 2. The number of carbonyl (C=O) groups excluding carboxylic acids is 1. The van der Waals surface area contributed by atoms with E-state index in [9.17, 15) is 9.59 Å². The summed E-state index contributed by atoms with van der Waals surface area (Å²) in [5.74, 6) is -0.150. The number of nitrogens with one attached hydrogen (secondary N) is 1. The molecule has 1 saturated heterocycles. The van der Waals surface area contributed by atoms with Crippen molar-refractivity contribution in [1.82, 2.24) is 10.2 Å². The van der Waals surface area contributed by atoms with Gasteiger partial charge in [-0.05, 0) is 59.0 Å². The number of fused-ring (bicyclic) bond motifs is 1. The molecule has 39 heavy (non-hydrogen) atoms. The number of nitrogens with zero attached hydrogens (tertiary/aromatic N) is 1. The fraction of sp³-hybridized carbons (Fsp3) is 0.250. The Hall–Kier alpha value is -3.87. The first-order chi connectivity index (χ1) is 18.5. The second-order valence-corrected chi connectivity index (χ2v) is 9.89. The highest BCUT2D eigenvalue weighted by Gasteiger charge is 2.36. The zero-order valence-corrected chi connectivity index (χ0v) is 22.6. The molecular weight excluding hydrogens is 512 g/mol. The van der Waals surface area contributed by atoms with Gasteiger partial charge in [0.1, 0.15) is 5.75 Å². The van der Waals surface area contributed by atoms with Crippen LogP contribution in [0.5, 0.6) is 5.75 Å². The van der Waals surface area contributed by atoms with E-state index in [0.29, 0.717) is 24.4 Å². The molecule has 1 fully saturated rings. The van der Waals surface area contributed by atoms with E-state index in [4.69, 9.17) is 9.84 Å². The number of rotatable bonds is 9. The molecule has 1 aliphatic rings. The maximum Gasteiger partial charge on any atom is 0.341 e. The van der Waals surface area contributed by atoms with Crippen LogP contribution in [0.2, 0.25) is 0 Å². The van der Waals surface area contributed by atoms with Crippen LogP contribution in [0, 0.1) is 5.92 Å². The van der Waals surface area contributed by atoms with Crippen molar-refractivity contribution in [3.63, 3.8) is 0 Å². The van der Waals surface area contributed by atoms with Crippen molar-refractivity contribution in [1.29, 1.82) is 0 Å². The molecule has 3 atom stereocenters. The van der Waals surface area contributed by atoms with E-state index in [1.165, 1.54) is 21.9 Å². The van der Waals surface area contributed by atoms with Gasteiger partial charge in [0, 0.05) is 37.2 Å². The van der Waals surface area contributed by atoms with Gasteiger partial charge < -0.3 is 20.1 Å². The average Bonchev–Trinajstić information content (AvgIpc) is 3.39. The van der Waals surface area contributed by atoms with E-state index in [0.717, 1.165) is 6.54 Å². The first-order valence-electron chi connectivity index (χ1n) is 13.0. The first-order valence-corrected chi connectivity index (χ1v) is 13.0. The molecule has 202 valence electrons. The third-order valence-electron chi connectivity index (χ3n) is 7.40. The van der Waals surface area contributed by atoms with Crippen LogP contribution < -0.4 is 10.1 Å². The van der Waals surface area contributed by atoms with Gasteiger partial charge in [0.25, 0.3) is 5.91 Å². The summed E-state index contributed by atoms with van der Waals surface area (Å²) in [5.41, 5.74) is 3.08. The normalized spacial score (nSPS) is 17.4. The molecule has 0 bridgehead atoms. The van der Waals surface area contributed by atoms with Crippen LogP contribution in [0.4, 0.5) is 0 Å². The summed E-state index contributed by atoms with van der Waals surface area (Å²) < 4.78 is 5.20. The lowest BCUT2D eigenvalue weighted by atomic mass is 9.88. The SMILES string of the molecule is C[C@@H](NC[C@H]1CN(C(=O)c2ccc(OCC(=O)O)cc2)C[C@@H]1c1ccccc1)c1cccc2ccccc12.Cl. The Kier molecular flexibility index (Phi) is 9.23. The van der Waals surface area contributed by atoms with Crippen molar-refractivity contribution < 1.29 is 19.4 Å². The molecule has 4 aromatic rings. The lowest BCUT2D eigenvalue weighted by Gasteiger charge is -2.23. The Labute approximate surface area is 235 Å². The quantitative estimate of drug-likeness (QED) is 0.273. The van der Waals surface area contributed by atoms with Crippen LogP contribution in [-0.4, -0.2) is 48.1 Å². The molecule has 1 aliphatic heterocycles. The number of ether oxygens (including phenoxy) is 1. The number of carboxylic acid groups (broad SMARTS) is 1. The van der Waals surface area contributed by atoms with Crippen molar-refractivity contribution >= 4 is 35.1 Å². The summed E-state index contributed by atoms with van der Waals surface area (Å²) in [7, 11) is 0. The van der Waals surface area contributed by atoms with Crippen LogP contribution in [0.25, 0.3) is 10.8 Å². The molecule has 2 N–H and O–H groups in total. The van der Waals surface area contributed by atoms with E-state index in [1.54, 1.807) is 24.3 Å². The van der Waals surface area contributed by atoms with Crippen molar-refractivity contribution in [2.45, 2.75) is 18.9 Å². The minimum atomic E-state index is -1.04. The average molecular weight is 545 g/mol. The van der Waals surface area contributed by atoms with Gasteiger partial charge in [-0.2, -0.15) is 0 Å². The number of likely N-dealkylation sites (tertiary alicyclic amines) is 1. The van der Waals surface area contributed by atoms with Gasteiger partial charge >= 0.3 is 5.97 Å². The number of hydrogen-bond acceptors (Lipinski definition) is 4. The fourth-order valence-corrected chi connectivity index (χ4v) is 5.41. The second kappa shape index (κ2) is 12.8.